The first-order valence-corrected chi connectivity index (χ1v) is 6.64. The average molecular weight is 268 g/mol. The number of likely N-dealkylation sites (N-methyl/N-ethyl adjacent to an activating group) is 1. The minimum atomic E-state index is 0.194. The van der Waals surface area contributed by atoms with Crippen LogP contribution >= 0.6 is 22.9 Å². The van der Waals surface area contributed by atoms with Crippen LogP contribution in [0.4, 0.5) is 0 Å². The monoisotopic (exact) mass is 267 g/mol. The third-order valence-electron chi connectivity index (χ3n) is 2.62. The van der Waals surface area contributed by atoms with Crippen molar-refractivity contribution in [3.63, 3.8) is 0 Å². The van der Waals surface area contributed by atoms with E-state index in [4.69, 9.17) is 11.6 Å². The second kappa shape index (κ2) is 5.58. The summed E-state index contributed by atoms with van der Waals surface area (Å²) in [4.78, 5) is 8.49. The summed E-state index contributed by atoms with van der Waals surface area (Å²) in [5.41, 5.74) is 2.16. The number of nitrogens with zero attached hydrogens (tertiary/aromatic N) is 2. The van der Waals surface area contributed by atoms with Crippen LogP contribution in [-0.2, 0) is 6.42 Å². The topological polar surface area (TPSA) is 37.8 Å². The molecule has 0 amide bonds. The van der Waals surface area contributed by atoms with Crippen LogP contribution in [0.5, 0.6) is 0 Å². The Hall–Kier alpha value is -0.970. The molecule has 0 bridgehead atoms. The summed E-state index contributed by atoms with van der Waals surface area (Å²) >= 11 is 7.78. The number of aromatic nitrogens is 2. The van der Waals surface area contributed by atoms with Gasteiger partial charge in [0.1, 0.15) is 0 Å². The van der Waals surface area contributed by atoms with Crippen molar-refractivity contribution in [3.8, 4) is 0 Å². The highest BCUT2D eigenvalue weighted by Gasteiger charge is 2.14. The molecule has 2 heterocycles. The lowest BCUT2D eigenvalue weighted by Crippen LogP contribution is -2.19. The predicted molar refractivity (Wildman–Crippen MR) is 71.6 cm³/mol. The second-order valence-electron chi connectivity index (χ2n) is 3.80. The molecule has 0 saturated carbocycles. The fourth-order valence-electron chi connectivity index (χ4n) is 1.68. The molecule has 0 aliphatic heterocycles. The zero-order valence-electron chi connectivity index (χ0n) is 9.77. The van der Waals surface area contributed by atoms with Crippen molar-refractivity contribution in [3.05, 3.63) is 45.1 Å². The van der Waals surface area contributed by atoms with Gasteiger partial charge in [-0.2, -0.15) is 0 Å². The number of thiazole rings is 1. The molecule has 17 heavy (non-hydrogen) atoms. The Bertz CT molecular complexity index is 498. The lowest BCUT2D eigenvalue weighted by molar-refractivity contribution is 0.578. The Balaban J connectivity index is 2.18. The molecule has 1 N–H and O–H groups in total. The third kappa shape index (κ3) is 3.03. The third-order valence-corrected chi connectivity index (χ3v) is 3.75. The molecule has 3 nitrogen and oxygen atoms in total. The van der Waals surface area contributed by atoms with Crippen molar-refractivity contribution in [1.29, 1.82) is 0 Å². The van der Waals surface area contributed by atoms with E-state index in [0.717, 1.165) is 22.7 Å². The number of rotatable bonds is 4. The molecule has 90 valence electrons. The summed E-state index contributed by atoms with van der Waals surface area (Å²) in [6.45, 7) is 2.01. The number of nitrogens with one attached hydrogen (secondary N) is 1. The molecule has 1 unspecified atom stereocenters. The molecule has 0 saturated heterocycles. The van der Waals surface area contributed by atoms with Crippen molar-refractivity contribution < 1.29 is 0 Å². The molecule has 0 fully saturated rings. The fraction of sp³-hybridized carbons (Fsp3) is 0.333. The zero-order chi connectivity index (χ0) is 12.3. The SMILES string of the molecule is CNC(Cc1ccncc1Cl)c1csc(C)n1. The lowest BCUT2D eigenvalue weighted by Gasteiger charge is -2.14. The van der Waals surface area contributed by atoms with Crippen LogP contribution in [0.15, 0.2) is 23.8 Å². The van der Waals surface area contributed by atoms with Gasteiger partial charge in [0, 0.05) is 17.8 Å². The van der Waals surface area contributed by atoms with Gasteiger partial charge in [-0.15, -0.1) is 11.3 Å². The zero-order valence-corrected chi connectivity index (χ0v) is 11.3. The Kier molecular flexibility index (Phi) is 4.10. The van der Waals surface area contributed by atoms with Gasteiger partial charge in [0.05, 0.1) is 21.8 Å². The predicted octanol–water partition coefficient (Wildman–Crippen LogP) is 3.00. The van der Waals surface area contributed by atoms with E-state index < -0.39 is 0 Å². The fourth-order valence-corrected chi connectivity index (χ4v) is 2.55. The second-order valence-corrected chi connectivity index (χ2v) is 5.27. The van der Waals surface area contributed by atoms with Gasteiger partial charge in [0.15, 0.2) is 0 Å². The normalized spacial score (nSPS) is 12.6. The Morgan fingerprint density at radius 1 is 1.53 bits per heavy atom. The van der Waals surface area contributed by atoms with Crippen LogP contribution in [-0.4, -0.2) is 17.0 Å². The van der Waals surface area contributed by atoms with Gasteiger partial charge in [-0.05, 0) is 32.0 Å². The van der Waals surface area contributed by atoms with Crippen molar-refractivity contribution >= 4 is 22.9 Å². The molecule has 0 radical (unpaired) electrons. The first-order valence-electron chi connectivity index (χ1n) is 5.38. The van der Waals surface area contributed by atoms with E-state index in [2.05, 4.69) is 20.7 Å². The first-order chi connectivity index (χ1) is 8.20. The highest BCUT2D eigenvalue weighted by atomic mass is 35.5. The number of pyridine rings is 1. The molecule has 5 heteroatoms. The Morgan fingerprint density at radius 3 is 2.94 bits per heavy atom. The van der Waals surface area contributed by atoms with Crippen LogP contribution < -0.4 is 5.32 Å². The molecule has 2 aromatic rings. The van der Waals surface area contributed by atoms with Crippen molar-refractivity contribution in [1.82, 2.24) is 15.3 Å². The number of halogens is 1. The van der Waals surface area contributed by atoms with Crippen molar-refractivity contribution in [2.45, 2.75) is 19.4 Å². The van der Waals surface area contributed by atoms with Gasteiger partial charge in [-0.1, -0.05) is 11.6 Å². The molecule has 0 aromatic carbocycles. The van der Waals surface area contributed by atoms with Gasteiger partial charge >= 0.3 is 0 Å². The highest BCUT2D eigenvalue weighted by molar-refractivity contribution is 7.09. The summed E-state index contributed by atoms with van der Waals surface area (Å²) in [6.07, 6.45) is 4.26. The Labute approximate surface area is 110 Å². The molecule has 0 aliphatic carbocycles. The Morgan fingerprint density at radius 2 is 2.35 bits per heavy atom. The molecule has 2 rings (SSSR count). The van der Waals surface area contributed by atoms with E-state index in [1.807, 2.05) is 20.0 Å². The van der Waals surface area contributed by atoms with E-state index in [-0.39, 0.29) is 6.04 Å². The van der Waals surface area contributed by atoms with Crippen LogP contribution in [0.3, 0.4) is 0 Å². The molecule has 0 spiro atoms. The lowest BCUT2D eigenvalue weighted by atomic mass is 10.1. The van der Waals surface area contributed by atoms with Crippen molar-refractivity contribution in [2.75, 3.05) is 7.05 Å². The standard InChI is InChI=1S/C12H14ClN3S/c1-8-16-12(7-17-8)11(14-2)5-9-3-4-15-6-10(9)13/h3-4,6-7,11,14H,5H2,1-2H3. The van der Waals surface area contributed by atoms with Crippen LogP contribution in [0, 0.1) is 6.92 Å². The average Bonchev–Trinajstić information content (AvgIpc) is 2.75. The molecule has 2 aromatic heterocycles. The maximum Gasteiger partial charge on any atom is 0.0898 e. The van der Waals surface area contributed by atoms with E-state index in [0.29, 0.717) is 5.02 Å². The minimum absolute atomic E-state index is 0.194. The van der Waals surface area contributed by atoms with Gasteiger partial charge in [-0.25, -0.2) is 4.98 Å². The molecular formula is C12H14ClN3S. The van der Waals surface area contributed by atoms with Gasteiger partial charge < -0.3 is 5.32 Å². The summed E-state index contributed by atoms with van der Waals surface area (Å²) in [5, 5.41) is 7.15. The number of aryl methyl sites for hydroxylation is 1. The molecule has 0 aliphatic rings. The summed E-state index contributed by atoms with van der Waals surface area (Å²) < 4.78 is 0. The van der Waals surface area contributed by atoms with Crippen molar-refractivity contribution in [2.24, 2.45) is 0 Å². The van der Waals surface area contributed by atoms with Crippen LogP contribution in [0.2, 0.25) is 5.02 Å². The first kappa shape index (κ1) is 12.5. The summed E-state index contributed by atoms with van der Waals surface area (Å²) in [7, 11) is 1.94. The maximum atomic E-state index is 6.11. The largest absolute Gasteiger partial charge is 0.311 e. The van der Waals surface area contributed by atoms with E-state index >= 15 is 0 Å². The highest BCUT2D eigenvalue weighted by Crippen LogP contribution is 2.23. The smallest absolute Gasteiger partial charge is 0.0898 e. The van der Waals surface area contributed by atoms with E-state index in [1.165, 1.54) is 0 Å². The summed E-state index contributed by atoms with van der Waals surface area (Å²) in [5.74, 6) is 0. The van der Waals surface area contributed by atoms with Crippen LogP contribution in [0.1, 0.15) is 22.3 Å². The van der Waals surface area contributed by atoms with Gasteiger partial charge in [0.2, 0.25) is 0 Å². The quantitative estimate of drug-likeness (QED) is 0.925. The maximum absolute atomic E-state index is 6.11. The van der Waals surface area contributed by atoms with Gasteiger partial charge in [-0.3, -0.25) is 4.98 Å². The molecule has 1 atom stereocenters. The summed E-state index contributed by atoms with van der Waals surface area (Å²) in [6, 6.07) is 2.14. The van der Waals surface area contributed by atoms with E-state index in [9.17, 15) is 0 Å². The molecular weight excluding hydrogens is 254 g/mol. The number of hydrogen-bond donors (Lipinski definition) is 1. The number of hydrogen-bond acceptors (Lipinski definition) is 4. The van der Waals surface area contributed by atoms with E-state index in [1.54, 1.807) is 23.7 Å². The van der Waals surface area contributed by atoms with Gasteiger partial charge in [0.25, 0.3) is 0 Å². The minimum Gasteiger partial charge on any atom is -0.311 e. The van der Waals surface area contributed by atoms with Crippen LogP contribution in [0.25, 0.3) is 0 Å².